The summed E-state index contributed by atoms with van der Waals surface area (Å²) in [6, 6.07) is 8.78. The number of hydrogen-bond acceptors (Lipinski definition) is 2. The molecule has 0 aliphatic rings. The molecule has 1 heterocycles. The molecule has 0 radical (unpaired) electrons. The molecule has 114 valence electrons. The Kier molecular flexibility index (Phi) is 6.02. The minimum atomic E-state index is 0.266. The molecular formula is C16H21Br2N3. The Balaban J connectivity index is 2.30. The monoisotopic (exact) mass is 413 g/mol. The molecule has 0 fully saturated rings. The predicted molar refractivity (Wildman–Crippen MR) is 94.5 cm³/mol. The van der Waals surface area contributed by atoms with Crippen LogP contribution < -0.4 is 5.32 Å². The average Bonchev–Trinajstić information content (AvgIpc) is 2.82. The van der Waals surface area contributed by atoms with E-state index in [0.717, 1.165) is 34.0 Å². The van der Waals surface area contributed by atoms with E-state index in [-0.39, 0.29) is 6.04 Å². The van der Waals surface area contributed by atoms with Crippen LogP contribution in [0.4, 0.5) is 0 Å². The molecule has 5 heteroatoms. The first-order valence-electron chi connectivity index (χ1n) is 7.25. The maximum atomic E-state index is 4.54. The van der Waals surface area contributed by atoms with E-state index in [2.05, 4.69) is 80.4 Å². The molecule has 21 heavy (non-hydrogen) atoms. The molecule has 0 bridgehead atoms. The van der Waals surface area contributed by atoms with Crippen LogP contribution in [-0.2, 0) is 19.9 Å². The van der Waals surface area contributed by atoms with Crippen LogP contribution in [-0.4, -0.2) is 16.3 Å². The third-order valence-electron chi connectivity index (χ3n) is 3.59. The number of hydrogen-bond donors (Lipinski definition) is 1. The molecule has 0 spiro atoms. The van der Waals surface area contributed by atoms with Gasteiger partial charge in [-0.3, -0.25) is 4.68 Å². The summed E-state index contributed by atoms with van der Waals surface area (Å²) < 4.78 is 4.23. The number of aryl methyl sites for hydroxylation is 2. The molecule has 0 saturated carbocycles. The molecule has 0 aliphatic carbocycles. The zero-order valence-electron chi connectivity index (χ0n) is 12.7. The number of aromatic nitrogens is 2. The quantitative estimate of drug-likeness (QED) is 0.758. The Morgan fingerprint density at radius 3 is 2.62 bits per heavy atom. The van der Waals surface area contributed by atoms with Crippen LogP contribution in [0.2, 0.25) is 0 Å². The lowest BCUT2D eigenvalue weighted by Gasteiger charge is -2.20. The van der Waals surface area contributed by atoms with Crippen molar-refractivity contribution in [1.82, 2.24) is 15.1 Å². The van der Waals surface area contributed by atoms with Crippen LogP contribution in [0.3, 0.4) is 0 Å². The third-order valence-corrected chi connectivity index (χ3v) is 4.80. The van der Waals surface area contributed by atoms with Crippen LogP contribution in [0, 0.1) is 0 Å². The summed E-state index contributed by atoms with van der Waals surface area (Å²) in [5.41, 5.74) is 3.67. The van der Waals surface area contributed by atoms with Gasteiger partial charge in [-0.2, -0.15) is 5.10 Å². The number of nitrogens with one attached hydrogen (secondary N) is 1. The number of nitrogens with zero attached hydrogens (tertiary/aromatic N) is 2. The maximum Gasteiger partial charge on any atom is 0.0624 e. The minimum absolute atomic E-state index is 0.266. The third kappa shape index (κ3) is 4.18. The second kappa shape index (κ2) is 7.56. The zero-order chi connectivity index (χ0) is 15.4. The Labute approximate surface area is 143 Å². The molecule has 1 atom stereocenters. The van der Waals surface area contributed by atoms with Crippen molar-refractivity contribution in [1.29, 1.82) is 0 Å². The maximum absolute atomic E-state index is 4.54. The van der Waals surface area contributed by atoms with Crippen molar-refractivity contribution < 1.29 is 0 Å². The molecular weight excluding hydrogens is 394 g/mol. The molecule has 1 aromatic heterocycles. The lowest BCUT2D eigenvalue weighted by molar-refractivity contribution is 0.527. The number of halogens is 2. The van der Waals surface area contributed by atoms with E-state index in [0.29, 0.717) is 0 Å². The fourth-order valence-corrected chi connectivity index (χ4v) is 3.37. The summed E-state index contributed by atoms with van der Waals surface area (Å²) in [4.78, 5) is 0. The summed E-state index contributed by atoms with van der Waals surface area (Å²) in [6.45, 7) is 5.21. The first-order chi connectivity index (χ1) is 10.0. The summed E-state index contributed by atoms with van der Waals surface area (Å²) in [7, 11) is 2.02. The van der Waals surface area contributed by atoms with E-state index in [1.807, 2.05) is 11.7 Å². The van der Waals surface area contributed by atoms with Gasteiger partial charge in [0, 0.05) is 34.1 Å². The highest BCUT2D eigenvalue weighted by molar-refractivity contribution is 9.11. The Morgan fingerprint density at radius 1 is 1.24 bits per heavy atom. The van der Waals surface area contributed by atoms with Crippen molar-refractivity contribution in [3.05, 3.63) is 50.2 Å². The number of benzene rings is 1. The van der Waals surface area contributed by atoms with Gasteiger partial charge in [0.1, 0.15) is 0 Å². The summed E-state index contributed by atoms with van der Waals surface area (Å²) in [6.07, 6.45) is 1.90. The first kappa shape index (κ1) is 16.7. The normalized spacial score (nSPS) is 12.6. The van der Waals surface area contributed by atoms with Gasteiger partial charge in [-0.15, -0.1) is 0 Å². The number of likely N-dealkylation sites (N-methyl/N-ethyl adjacent to an activating group) is 1. The van der Waals surface area contributed by atoms with E-state index in [1.54, 1.807) is 0 Å². The van der Waals surface area contributed by atoms with Crippen molar-refractivity contribution in [2.75, 3.05) is 6.54 Å². The summed E-state index contributed by atoms with van der Waals surface area (Å²) in [5.74, 6) is 0. The standard InChI is InChI=1S/C16H21Br2N3/c1-4-12-9-13(21(3)20-12)10-16(19-5-2)14-8-11(17)6-7-15(14)18/h6-9,16,19H,4-5,10H2,1-3H3. The van der Waals surface area contributed by atoms with E-state index in [1.165, 1.54) is 11.3 Å². The summed E-state index contributed by atoms with van der Waals surface area (Å²) in [5, 5.41) is 8.12. The van der Waals surface area contributed by atoms with E-state index < -0.39 is 0 Å². The number of rotatable bonds is 6. The van der Waals surface area contributed by atoms with Crippen molar-refractivity contribution in [3.8, 4) is 0 Å². The van der Waals surface area contributed by atoms with Gasteiger partial charge in [0.05, 0.1) is 5.69 Å². The fraction of sp³-hybridized carbons (Fsp3) is 0.438. The van der Waals surface area contributed by atoms with Gasteiger partial charge in [-0.1, -0.05) is 45.7 Å². The van der Waals surface area contributed by atoms with Crippen molar-refractivity contribution in [2.24, 2.45) is 7.05 Å². The second-order valence-corrected chi connectivity index (χ2v) is 6.85. The van der Waals surface area contributed by atoms with E-state index in [4.69, 9.17) is 0 Å². The van der Waals surface area contributed by atoms with Crippen LogP contribution >= 0.6 is 31.9 Å². The highest BCUT2D eigenvalue weighted by Crippen LogP contribution is 2.29. The van der Waals surface area contributed by atoms with Crippen LogP contribution in [0.15, 0.2) is 33.2 Å². The van der Waals surface area contributed by atoms with Gasteiger partial charge in [0.2, 0.25) is 0 Å². The van der Waals surface area contributed by atoms with Gasteiger partial charge >= 0.3 is 0 Å². The van der Waals surface area contributed by atoms with E-state index >= 15 is 0 Å². The molecule has 0 amide bonds. The fourth-order valence-electron chi connectivity index (χ4n) is 2.46. The SMILES string of the molecule is CCNC(Cc1cc(CC)nn1C)c1cc(Br)ccc1Br. The predicted octanol–water partition coefficient (Wildman–Crippen LogP) is 4.40. The highest BCUT2D eigenvalue weighted by Gasteiger charge is 2.17. The molecule has 1 unspecified atom stereocenters. The molecule has 1 N–H and O–H groups in total. The van der Waals surface area contributed by atoms with Gasteiger partial charge in [0.25, 0.3) is 0 Å². The van der Waals surface area contributed by atoms with Crippen molar-refractivity contribution in [2.45, 2.75) is 32.7 Å². The highest BCUT2D eigenvalue weighted by atomic mass is 79.9. The van der Waals surface area contributed by atoms with Gasteiger partial charge in [-0.05, 0) is 42.8 Å². The molecule has 2 aromatic rings. The zero-order valence-corrected chi connectivity index (χ0v) is 15.8. The van der Waals surface area contributed by atoms with Gasteiger partial charge in [0.15, 0.2) is 0 Å². The lowest BCUT2D eigenvalue weighted by Crippen LogP contribution is -2.24. The Hall–Kier alpha value is -0.650. The molecule has 0 aliphatic heterocycles. The average molecular weight is 415 g/mol. The Morgan fingerprint density at radius 2 is 2.00 bits per heavy atom. The largest absolute Gasteiger partial charge is 0.310 e. The van der Waals surface area contributed by atoms with Crippen LogP contribution in [0.5, 0.6) is 0 Å². The Bertz CT molecular complexity index is 608. The van der Waals surface area contributed by atoms with E-state index in [9.17, 15) is 0 Å². The van der Waals surface area contributed by atoms with Crippen LogP contribution in [0.25, 0.3) is 0 Å². The van der Waals surface area contributed by atoms with Crippen molar-refractivity contribution >= 4 is 31.9 Å². The molecule has 1 aromatic carbocycles. The van der Waals surface area contributed by atoms with Gasteiger partial charge < -0.3 is 5.32 Å². The molecule has 2 rings (SSSR count). The van der Waals surface area contributed by atoms with Crippen LogP contribution in [0.1, 0.15) is 36.8 Å². The first-order valence-corrected chi connectivity index (χ1v) is 8.83. The second-order valence-electron chi connectivity index (χ2n) is 5.08. The van der Waals surface area contributed by atoms with Crippen molar-refractivity contribution in [3.63, 3.8) is 0 Å². The molecule has 3 nitrogen and oxygen atoms in total. The molecule has 0 saturated heterocycles. The lowest BCUT2D eigenvalue weighted by atomic mass is 10.0. The topological polar surface area (TPSA) is 29.9 Å². The smallest absolute Gasteiger partial charge is 0.0624 e. The van der Waals surface area contributed by atoms with Gasteiger partial charge in [-0.25, -0.2) is 0 Å². The summed E-state index contributed by atoms with van der Waals surface area (Å²) >= 11 is 7.23. The minimum Gasteiger partial charge on any atom is -0.310 e.